The van der Waals surface area contributed by atoms with E-state index < -0.39 is 48.2 Å². The number of carbonyl (C=O) groups is 2. The molecule has 1 aromatic heterocycles. The third kappa shape index (κ3) is 4.79. The molecule has 0 unspecified atom stereocenters. The van der Waals surface area contributed by atoms with Crippen molar-refractivity contribution in [2.75, 3.05) is 6.61 Å². The van der Waals surface area contributed by atoms with Crippen LogP contribution in [0, 0.1) is 12.8 Å². The Labute approximate surface area is 171 Å². The summed E-state index contributed by atoms with van der Waals surface area (Å²) in [5, 5.41) is 0.716. The Morgan fingerprint density at radius 1 is 1.17 bits per heavy atom. The largest absolute Gasteiger partial charge is 0.463 e. The molecule has 8 nitrogen and oxygen atoms in total. The number of alkyl halides is 1. The van der Waals surface area contributed by atoms with Crippen molar-refractivity contribution in [1.29, 1.82) is 0 Å². The van der Waals surface area contributed by atoms with Crippen molar-refractivity contribution in [2.45, 2.75) is 52.4 Å². The average molecular weight is 422 g/mol. The van der Waals surface area contributed by atoms with Crippen molar-refractivity contribution in [1.82, 2.24) is 0 Å². The number of halogens is 1. The lowest BCUT2D eigenvalue weighted by Crippen LogP contribution is -2.56. The molecule has 30 heavy (non-hydrogen) atoms. The van der Waals surface area contributed by atoms with Crippen LogP contribution in [0.3, 0.4) is 0 Å². The van der Waals surface area contributed by atoms with Crippen molar-refractivity contribution in [2.24, 2.45) is 5.92 Å². The van der Waals surface area contributed by atoms with E-state index in [1.165, 1.54) is 19.1 Å². The maximum absolute atomic E-state index is 15.1. The molecule has 0 spiro atoms. The van der Waals surface area contributed by atoms with Gasteiger partial charge in [-0.25, -0.2) is 9.18 Å². The normalized spacial score (nSPS) is 26.2. The smallest absolute Gasteiger partial charge is 0.336 e. The molecule has 1 aromatic carbocycles. The first-order chi connectivity index (χ1) is 14.2. The van der Waals surface area contributed by atoms with E-state index in [-0.39, 0.29) is 12.4 Å². The molecule has 0 bridgehead atoms. The van der Waals surface area contributed by atoms with Crippen LogP contribution in [0.5, 0.6) is 5.75 Å². The molecule has 2 aromatic rings. The second-order valence-electron chi connectivity index (χ2n) is 7.25. The molecule has 1 saturated heterocycles. The molecule has 0 radical (unpaired) electrons. The fourth-order valence-electron chi connectivity index (χ4n) is 3.34. The minimum absolute atomic E-state index is 0.171. The Kier molecular flexibility index (Phi) is 6.40. The van der Waals surface area contributed by atoms with E-state index in [9.17, 15) is 14.4 Å². The number of esters is 2. The Morgan fingerprint density at radius 3 is 2.57 bits per heavy atom. The monoisotopic (exact) mass is 422 g/mol. The highest BCUT2D eigenvalue weighted by molar-refractivity contribution is 5.81. The summed E-state index contributed by atoms with van der Waals surface area (Å²) >= 11 is 0. The van der Waals surface area contributed by atoms with E-state index in [2.05, 4.69) is 0 Å². The molecule has 3 rings (SSSR count). The third-order valence-corrected chi connectivity index (χ3v) is 4.91. The summed E-state index contributed by atoms with van der Waals surface area (Å²) in [5.74, 6) is -1.71. The van der Waals surface area contributed by atoms with Crippen molar-refractivity contribution >= 4 is 22.9 Å². The number of carbonyl (C=O) groups excluding carboxylic acids is 2. The fraction of sp³-hybridized carbons (Fsp3) is 0.476. The molecule has 1 fully saturated rings. The van der Waals surface area contributed by atoms with E-state index in [0.717, 1.165) is 12.5 Å². The molecule has 0 saturated carbocycles. The fourth-order valence-corrected chi connectivity index (χ4v) is 3.34. The van der Waals surface area contributed by atoms with Gasteiger partial charge in [0.25, 0.3) is 0 Å². The first-order valence-corrected chi connectivity index (χ1v) is 9.47. The minimum Gasteiger partial charge on any atom is -0.463 e. The van der Waals surface area contributed by atoms with Gasteiger partial charge in [-0.05, 0) is 24.6 Å². The highest BCUT2D eigenvalue weighted by Crippen LogP contribution is 2.33. The number of aryl methyl sites for hydroxylation is 1. The third-order valence-electron chi connectivity index (χ3n) is 4.91. The van der Waals surface area contributed by atoms with Crippen LogP contribution in [0.2, 0.25) is 0 Å². The molecule has 2 heterocycles. The number of benzene rings is 1. The highest BCUT2D eigenvalue weighted by Gasteiger charge is 2.48. The van der Waals surface area contributed by atoms with Crippen LogP contribution in [-0.2, 0) is 23.8 Å². The van der Waals surface area contributed by atoms with Gasteiger partial charge in [0, 0.05) is 37.3 Å². The summed E-state index contributed by atoms with van der Waals surface area (Å²) in [6.45, 7) is 5.57. The van der Waals surface area contributed by atoms with Gasteiger partial charge in [0.2, 0.25) is 6.29 Å². The molecule has 0 amide bonds. The van der Waals surface area contributed by atoms with Crippen LogP contribution < -0.4 is 10.4 Å². The Balaban J connectivity index is 1.89. The second-order valence-corrected chi connectivity index (χ2v) is 7.25. The molecule has 9 heteroatoms. The van der Waals surface area contributed by atoms with Crippen LogP contribution in [-0.4, -0.2) is 43.2 Å². The maximum atomic E-state index is 15.1. The first kappa shape index (κ1) is 21.8. The van der Waals surface area contributed by atoms with E-state index >= 15 is 4.39 Å². The number of fused-ring (bicyclic) bond motifs is 1. The SMILES string of the molecule is CC(=O)OC[C@H]1O[C@@H](Oc2ccc3c(C)cc(=O)oc3c2)[C@H](OC(C)=O)[C@@H](F)[C@H]1C. The van der Waals surface area contributed by atoms with Crippen molar-refractivity contribution in [3.8, 4) is 5.75 Å². The topological polar surface area (TPSA) is 101 Å². The molecule has 0 aliphatic carbocycles. The zero-order valence-electron chi connectivity index (χ0n) is 17.0. The molecule has 0 N–H and O–H groups in total. The van der Waals surface area contributed by atoms with Crippen LogP contribution in [0.4, 0.5) is 4.39 Å². The van der Waals surface area contributed by atoms with Gasteiger partial charge >= 0.3 is 17.6 Å². The summed E-state index contributed by atoms with van der Waals surface area (Å²) in [4.78, 5) is 34.3. The van der Waals surface area contributed by atoms with Crippen LogP contribution in [0.15, 0.2) is 33.5 Å². The van der Waals surface area contributed by atoms with Gasteiger partial charge < -0.3 is 23.4 Å². The van der Waals surface area contributed by atoms with E-state index in [4.69, 9.17) is 23.4 Å². The first-order valence-electron chi connectivity index (χ1n) is 9.47. The van der Waals surface area contributed by atoms with Crippen LogP contribution in [0.25, 0.3) is 11.0 Å². The summed E-state index contributed by atoms with van der Waals surface area (Å²) < 4.78 is 41.9. The summed E-state index contributed by atoms with van der Waals surface area (Å²) in [7, 11) is 0. The lowest BCUT2D eigenvalue weighted by Gasteiger charge is -2.41. The van der Waals surface area contributed by atoms with Gasteiger partial charge in [0.15, 0.2) is 6.10 Å². The highest BCUT2D eigenvalue weighted by atomic mass is 19.1. The van der Waals surface area contributed by atoms with Gasteiger partial charge in [-0.2, -0.15) is 0 Å². The Morgan fingerprint density at radius 2 is 1.90 bits per heavy atom. The van der Waals surface area contributed by atoms with Gasteiger partial charge in [-0.3, -0.25) is 9.59 Å². The number of rotatable bonds is 5. The minimum atomic E-state index is -1.62. The molecular weight excluding hydrogens is 399 g/mol. The zero-order valence-corrected chi connectivity index (χ0v) is 17.0. The molecule has 162 valence electrons. The number of ether oxygens (including phenoxy) is 4. The average Bonchev–Trinajstić information content (AvgIpc) is 2.65. The van der Waals surface area contributed by atoms with Crippen molar-refractivity contribution in [3.05, 3.63) is 40.2 Å². The van der Waals surface area contributed by atoms with Crippen LogP contribution >= 0.6 is 0 Å². The lowest BCUT2D eigenvalue weighted by atomic mass is 9.92. The number of hydrogen-bond donors (Lipinski definition) is 0. The van der Waals surface area contributed by atoms with Gasteiger partial charge in [-0.15, -0.1) is 0 Å². The quantitative estimate of drug-likeness (QED) is 0.535. The van der Waals surface area contributed by atoms with E-state index in [0.29, 0.717) is 11.0 Å². The van der Waals surface area contributed by atoms with E-state index in [1.54, 1.807) is 26.0 Å². The second kappa shape index (κ2) is 8.83. The molecule has 5 atom stereocenters. The molecule has 1 aliphatic heterocycles. The van der Waals surface area contributed by atoms with Gasteiger partial charge in [-0.1, -0.05) is 6.92 Å². The Bertz CT molecular complexity index is 998. The van der Waals surface area contributed by atoms with Crippen molar-refractivity contribution in [3.63, 3.8) is 0 Å². The predicted molar refractivity (Wildman–Crippen MR) is 103 cm³/mol. The summed E-state index contributed by atoms with van der Waals surface area (Å²) in [6.07, 6.45) is -5.05. The van der Waals surface area contributed by atoms with Gasteiger partial charge in [0.05, 0.1) is 0 Å². The summed E-state index contributed by atoms with van der Waals surface area (Å²) in [5.41, 5.74) is 0.514. The van der Waals surface area contributed by atoms with Gasteiger partial charge in [0.1, 0.15) is 30.2 Å². The maximum Gasteiger partial charge on any atom is 0.336 e. The molecular formula is C21H23FO8. The zero-order chi connectivity index (χ0) is 22.0. The van der Waals surface area contributed by atoms with Crippen molar-refractivity contribution < 1.29 is 37.3 Å². The predicted octanol–water partition coefficient (Wildman–Crippen LogP) is 2.67. The van der Waals surface area contributed by atoms with Crippen LogP contribution in [0.1, 0.15) is 26.3 Å². The lowest BCUT2D eigenvalue weighted by molar-refractivity contribution is -0.257. The summed E-state index contributed by atoms with van der Waals surface area (Å²) in [6, 6.07) is 6.15. The molecule has 1 aliphatic rings. The number of hydrogen-bond acceptors (Lipinski definition) is 8. The van der Waals surface area contributed by atoms with E-state index in [1.807, 2.05) is 0 Å². The standard InChI is InChI=1S/C21H23FO8/c1-10-7-18(25)29-16-8-14(5-6-15(10)16)28-21-20(27-13(4)24)19(22)11(2)17(30-21)9-26-12(3)23/h5-8,11,17,19-21H,9H2,1-4H3/t11-,17+,19-,20+,21+/m0/s1. The Hall–Kier alpha value is -2.94.